The molecule has 1 unspecified atom stereocenters. The Bertz CT molecular complexity index is 682. The monoisotopic (exact) mass is 298 g/mol. The minimum atomic E-state index is -1.30. The Balaban J connectivity index is 2.17. The van der Waals surface area contributed by atoms with Gasteiger partial charge >= 0.3 is 5.97 Å². The molecule has 0 aliphatic carbocycles. The molecule has 0 saturated carbocycles. The molecule has 1 saturated heterocycles. The molecule has 1 N–H and O–H groups in total. The summed E-state index contributed by atoms with van der Waals surface area (Å²) in [5.41, 5.74) is 0.216. The number of halogens is 2. The third-order valence-electron chi connectivity index (χ3n) is 3.46. The van der Waals surface area contributed by atoms with Crippen LogP contribution in [-0.4, -0.2) is 33.3 Å². The highest BCUT2D eigenvalue weighted by Gasteiger charge is 2.24. The maximum absolute atomic E-state index is 14.4. The number of alkyl halides is 1. The van der Waals surface area contributed by atoms with Gasteiger partial charge in [0.2, 0.25) is 0 Å². The Kier molecular flexibility index (Phi) is 3.35. The number of carboxylic acid groups (broad SMARTS) is 1. The summed E-state index contributed by atoms with van der Waals surface area (Å²) in [5.74, 6) is -1.44. The lowest BCUT2D eigenvalue weighted by molar-refractivity contribution is -0.0589. The Morgan fingerprint density at radius 1 is 1.60 bits per heavy atom. The quantitative estimate of drug-likeness (QED) is 0.880. The van der Waals surface area contributed by atoms with E-state index in [-0.39, 0.29) is 23.1 Å². The molecule has 1 aromatic carbocycles. The zero-order valence-corrected chi connectivity index (χ0v) is 11.2. The number of benzene rings is 1. The van der Waals surface area contributed by atoms with E-state index >= 15 is 0 Å². The lowest BCUT2D eigenvalue weighted by atomic mass is 10.1. The van der Waals surface area contributed by atoms with Crippen molar-refractivity contribution in [3.05, 3.63) is 29.3 Å². The lowest BCUT2D eigenvalue weighted by Gasteiger charge is -2.27. The minimum Gasteiger partial charge on any atom is -0.478 e. The second kappa shape index (κ2) is 5.03. The molecular weight excluding hydrogens is 287 g/mol. The van der Waals surface area contributed by atoms with E-state index in [1.807, 2.05) is 0 Å². The molecule has 2 aromatic rings. The summed E-state index contributed by atoms with van der Waals surface area (Å²) in [6.07, 6.45) is 0.893. The van der Waals surface area contributed by atoms with Crippen molar-refractivity contribution < 1.29 is 19.0 Å². The van der Waals surface area contributed by atoms with Crippen LogP contribution in [0.1, 0.15) is 22.6 Å². The Hall–Kier alpha value is -1.66. The average Bonchev–Trinajstić information content (AvgIpc) is 2.72. The van der Waals surface area contributed by atoms with Gasteiger partial charge in [0, 0.05) is 6.61 Å². The van der Waals surface area contributed by atoms with E-state index in [1.165, 1.54) is 12.1 Å². The third kappa shape index (κ3) is 2.05. The molecular formula is C13H12ClFN2O3. The fourth-order valence-corrected chi connectivity index (χ4v) is 2.53. The van der Waals surface area contributed by atoms with Crippen LogP contribution in [0, 0.1) is 5.82 Å². The van der Waals surface area contributed by atoms with Gasteiger partial charge in [-0.25, -0.2) is 14.2 Å². The molecule has 1 aliphatic heterocycles. The Morgan fingerprint density at radius 3 is 2.90 bits per heavy atom. The van der Waals surface area contributed by atoms with E-state index in [9.17, 15) is 9.18 Å². The molecule has 20 heavy (non-hydrogen) atoms. The number of rotatable bonds is 4. The van der Waals surface area contributed by atoms with Gasteiger partial charge in [0.15, 0.2) is 5.82 Å². The van der Waals surface area contributed by atoms with Crippen molar-refractivity contribution >= 4 is 28.6 Å². The molecule has 0 bridgehead atoms. The number of hydrogen-bond donors (Lipinski definition) is 1. The van der Waals surface area contributed by atoms with Crippen LogP contribution >= 0.6 is 11.6 Å². The second-order valence-electron chi connectivity index (χ2n) is 4.65. The standard InChI is InChI=1S/C13H12ClFN2O3/c14-5-10-16-9-2-1-8(13(18)19)11(15)12(9)17(10)6-7-3-4-20-7/h1-2,7H,3-6H2,(H,18,19). The van der Waals surface area contributed by atoms with Gasteiger partial charge in [-0.3, -0.25) is 0 Å². The number of ether oxygens (including phenoxy) is 1. The molecule has 2 heterocycles. The zero-order chi connectivity index (χ0) is 14.3. The summed E-state index contributed by atoms with van der Waals surface area (Å²) in [6, 6.07) is 2.71. The van der Waals surface area contributed by atoms with Gasteiger partial charge < -0.3 is 14.4 Å². The first-order valence-corrected chi connectivity index (χ1v) is 6.73. The maximum Gasteiger partial charge on any atom is 0.338 e. The second-order valence-corrected chi connectivity index (χ2v) is 4.92. The van der Waals surface area contributed by atoms with Gasteiger partial charge in [-0.2, -0.15) is 0 Å². The predicted octanol–water partition coefficient (Wildman–Crippen LogP) is 2.40. The molecule has 0 amide bonds. The first kappa shape index (κ1) is 13.3. The van der Waals surface area contributed by atoms with Gasteiger partial charge in [-0.15, -0.1) is 11.6 Å². The average molecular weight is 299 g/mol. The number of carboxylic acids is 1. The van der Waals surface area contributed by atoms with E-state index < -0.39 is 11.8 Å². The topological polar surface area (TPSA) is 64.3 Å². The normalized spacial score (nSPS) is 18.2. The van der Waals surface area contributed by atoms with Crippen molar-refractivity contribution in [1.82, 2.24) is 9.55 Å². The smallest absolute Gasteiger partial charge is 0.338 e. The highest BCUT2D eigenvalue weighted by molar-refractivity contribution is 6.16. The largest absolute Gasteiger partial charge is 0.478 e. The molecule has 3 rings (SSSR count). The van der Waals surface area contributed by atoms with Crippen molar-refractivity contribution in [3.63, 3.8) is 0 Å². The summed E-state index contributed by atoms with van der Waals surface area (Å²) in [5, 5.41) is 9.00. The predicted molar refractivity (Wildman–Crippen MR) is 70.6 cm³/mol. The first-order valence-electron chi connectivity index (χ1n) is 6.20. The minimum absolute atomic E-state index is 0.00208. The molecule has 5 nitrogen and oxygen atoms in total. The molecule has 7 heteroatoms. The number of nitrogens with zero attached hydrogens (tertiary/aromatic N) is 2. The van der Waals surface area contributed by atoms with Crippen LogP contribution in [0.3, 0.4) is 0 Å². The molecule has 1 atom stereocenters. The van der Waals surface area contributed by atoms with Crippen LogP contribution in [0.5, 0.6) is 0 Å². The van der Waals surface area contributed by atoms with Gasteiger partial charge in [0.05, 0.1) is 29.6 Å². The highest BCUT2D eigenvalue weighted by atomic mass is 35.5. The van der Waals surface area contributed by atoms with Crippen LogP contribution in [0.2, 0.25) is 0 Å². The number of imidazole rings is 1. The highest BCUT2D eigenvalue weighted by Crippen LogP contribution is 2.26. The zero-order valence-electron chi connectivity index (χ0n) is 10.5. The fraction of sp³-hybridized carbons (Fsp3) is 0.385. The van der Waals surface area contributed by atoms with Gasteiger partial charge in [0.25, 0.3) is 0 Å². The fourth-order valence-electron chi connectivity index (χ4n) is 2.33. The maximum atomic E-state index is 14.4. The summed E-state index contributed by atoms with van der Waals surface area (Å²) in [7, 11) is 0. The van der Waals surface area contributed by atoms with Crippen LogP contribution in [0.25, 0.3) is 11.0 Å². The summed E-state index contributed by atoms with van der Waals surface area (Å²) in [4.78, 5) is 15.3. The lowest BCUT2D eigenvalue weighted by Crippen LogP contribution is -2.31. The molecule has 1 aromatic heterocycles. The summed E-state index contributed by atoms with van der Waals surface area (Å²) >= 11 is 5.84. The van der Waals surface area contributed by atoms with Crippen molar-refractivity contribution in [2.75, 3.05) is 6.61 Å². The molecule has 106 valence electrons. The van der Waals surface area contributed by atoms with Gasteiger partial charge in [-0.05, 0) is 18.6 Å². The Morgan fingerprint density at radius 2 is 2.35 bits per heavy atom. The van der Waals surface area contributed by atoms with E-state index in [1.54, 1.807) is 4.57 Å². The van der Waals surface area contributed by atoms with Crippen molar-refractivity contribution in [3.8, 4) is 0 Å². The Labute approximate surface area is 118 Å². The molecule has 0 spiro atoms. The van der Waals surface area contributed by atoms with Crippen LogP contribution in [-0.2, 0) is 17.2 Å². The van der Waals surface area contributed by atoms with E-state index in [0.29, 0.717) is 24.5 Å². The molecule has 0 radical (unpaired) electrons. The van der Waals surface area contributed by atoms with Crippen molar-refractivity contribution in [2.45, 2.75) is 24.9 Å². The molecule has 1 fully saturated rings. The van der Waals surface area contributed by atoms with E-state index in [2.05, 4.69) is 4.98 Å². The number of fused-ring (bicyclic) bond motifs is 1. The summed E-state index contributed by atoms with van der Waals surface area (Å²) < 4.78 is 21.3. The number of carbonyl (C=O) groups is 1. The van der Waals surface area contributed by atoms with Crippen molar-refractivity contribution in [1.29, 1.82) is 0 Å². The number of aromatic nitrogens is 2. The number of hydrogen-bond acceptors (Lipinski definition) is 3. The van der Waals surface area contributed by atoms with Crippen LogP contribution in [0.15, 0.2) is 12.1 Å². The van der Waals surface area contributed by atoms with Crippen LogP contribution < -0.4 is 0 Å². The first-order chi connectivity index (χ1) is 9.61. The third-order valence-corrected chi connectivity index (χ3v) is 3.69. The van der Waals surface area contributed by atoms with Crippen molar-refractivity contribution in [2.24, 2.45) is 0 Å². The van der Waals surface area contributed by atoms with Gasteiger partial charge in [0.1, 0.15) is 11.3 Å². The number of aromatic carboxylic acids is 1. The van der Waals surface area contributed by atoms with E-state index in [4.69, 9.17) is 21.4 Å². The SMILES string of the molecule is O=C(O)c1ccc2nc(CCl)n(CC3CCO3)c2c1F. The molecule has 1 aliphatic rings. The summed E-state index contributed by atoms with van der Waals surface area (Å²) in [6.45, 7) is 1.12. The van der Waals surface area contributed by atoms with Gasteiger partial charge in [-0.1, -0.05) is 0 Å². The van der Waals surface area contributed by atoms with Crippen LogP contribution in [0.4, 0.5) is 4.39 Å². The van der Waals surface area contributed by atoms with E-state index in [0.717, 1.165) is 6.42 Å².